The number of sulfone groups is 1. The molecule has 1 saturated carbocycles. The van der Waals surface area contributed by atoms with E-state index in [0.717, 1.165) is 25.0 Å². The number of hydrogen-bond acceptors (Lipinski definition) is 4. The molecule has 0 radical (unpaired) electrons. The smallest absolute Gasteiger partial charge is 0.394 e. The van der Waals surface area contributed by atoms with E-state index in [9.17, 15) is 26.7 Å². The van der Waals surface area contributed by atoms with Crippen LogP contribution in [0.5, 0.6) is 0 Å². The number of aliphatic hydroxyl groups excluding tert-OH is 1. The minimum Gasteiger partial charge on any atom is -0.394 e. The molecule has 1 aromatic carbocycles. The molecule has 1 heterocycles. The highest BCUT2D eigenvalue weighted by molar-refractivity contribution is 7.92. The minimum atomic E-state index is -5.34. The second-order valence-electron chi connectivity index (χ2n) is 5.53. The number of alkyl halides is 3. The van der Waals surface area contributed by atoms with Gasteiger partial charge in [-0.05, 0) is 30.5 Å². The lowest BCUT2D eigenvalue weighted by Crippen LogP contribution is -2.23. The van der Waals surface area contributed by atoms with Crippen molar-refractivity contribution < 1.29 is 26.7 Å². The van der Waals surface area contributed by atoms with Crippen LogP contribution in [0.15, 0.2) is 41.6 Å². The van der Waals surface area contributed by atoms with E-state index in [1.807, 2.05) is 0 Å². The maximum absolute atomic E-state index is 12.5. The first-order valence-electron chi connectivity index (χ1n) is 6.77. The van der Waals surface area contributed by atoms with E-state index in [0.29, 0.717) is 11.1 Å². The fraction of sp³-hybridized carbons (Fsp3) is 0.357. The van der Waals surface area contributed by atoms with Gasteiger partial charge in [0.25, 0.3) is 9.84 Å². The van der Waals surface area contributed by atoms with Crippen molar-refractivity contribution >= 4 is 9.84 Å². The molecule has 0 bridgehead atoms. The summed E-state index contributed by atoms with van der Waals surface area (Å²) in [4.78, 5) is -0.796. The van der Waals surface area contributed by atoms with Crippen molar-refractivity contribution in [1.29, 1.82) is 0 Å². The van der Waals surface area contributed by atoms with Crippen LogP contribution in [0.1, 0.15) is 12.8 Å². The second kappa shape index (κ2) is 5.07. The van der Waals surface area contributed by atoms with Crippen molar-refractivity contribution in [1.82, 2.24) is 9.78 Å². The number of aliphatic hydroxyl groups is 1. The Bertz CT molecular complexity index is 822. The third kappa shape index (κ3) is 2.63. The summed E-state index contributed by atoms with van der Waals surface area (Å²) in [7, 11) is -5.34. The highest BCUT2D eigenvalue weighted by atomic mass is 32.2. The zero-order valence-electron chi connectivity index (χ0n) is 11.8. The monoisotopic (exact) mass is 346 g/mol. The lowest BCUT2D eigenvalue weighted by molar-refractivity contribution is -0.0436. The van der Waals surface area contributed by atoms with Crippen LogP contribution in [-0.4, -0.2) is 35.4 Å². The van der Waals surface area contributed by atoms with Crippen LogP contribution in [0.2, 0.25) is 0 Å². The molecule has 3 rings (SSSR count). The fourth-order valence-electron chi connectivity index (χ4n) is 2.30. The van der Waals surface area contributed by atoms with Crippen LogP contribution in [0.3, 0.4) is 0 Å². The molecule has 1 aromatic heterocycles. The Hall–Kier alpha value is -1.87. The third-order valence-electron chi connectivity index (χ3n) is 3.99. The van der Waals surface area contributed by atoms with Gasteiger partial charge in [0.15, 0.2) is 0 Å². The second-order valence-corrected chi connectivity index (χ2v) is 7.47. The van der Waals surface area contributed by atoms with E-state index in [1.165, 1.54) is 18.3 Å². The van der Waals surface area contributed by atoms with Crippen LogP contribution in [0, 0.1) is 0 Å². The summed E-state index contributed by atoms with van der Waals surface area (Å²) in [6.07, 6.45) is 4.85. The summed E-state index contributed by atoms with van der Waals surface area (Å²) < 4.78 is 61.8. The van der Waals surface area contributed by atoms with Gasteiger partial charge in [-0.1, -0.05) is 12.1 Å². The number of nitrogens with zero attached hydrogens (tertiary/aromatic N) is 2. The Morgan fingerprint density at radius 2 is 1.78 bits per heavy atom. The van der Waals surface area contributed by atoms with Gasteiger partial charge in [0.1, 0.15) is 0 Å². The van der Waals surface area contributed by atoms with Crippen molar-refractivity contribution in [3.8, 4) is 11.1 Å². The first kappa shape index (κ1) is 16.0. The largest absolute Gasteiger partial charge is 0.501 e. The summed E-state index contributed by atoms with van der Waals surface area (Å²) in [6, 6.07) is 4.46. The predicted octanol–water partition coefficient (Wildman–Crippen LogP) is 2.33. The van der Waals surface area contributed by atoms with Crippen molar-refractivity contribution in [2.24, 2.45) is 0 Å². The van der Waals surface area contributed by atoms with E-state index in [1.54, 1.807) is 10.9 Å². The molecule has 0 saturated heterocycles. The van der Waals surface area contributed by atoms with E-state index in [-0.39, 0.29) is 12.1 Å². The molecule has 1 fully saturated rings. The molecule has 1 aliphatic rings. The fourth-order valence-corrected chi connectivity index (χ4v) is 3.06. The molecule has 0 aliphatic heterocycles. The van der Waals surface area contributed by atoms with Gasteiger partial charge in [0.2, 0.25) is 0 Å². The zero-order valence-corrected chi connectivity index (χ0v) is 12.6. The Morgan fingerprint density at radius 3 is 2.26 bits per heavy atom. The highest BCUT2D eigenvalue weighted by Gasteiger charge is 2.47. The van der Waals surface area contributed by atoms with E-state index in [4.69, 9.17) is 0 Å². The maximum atomic E-state index is 12.5. The van der Waals surface area contributed by atoms with Gasteiger partial charge in [0, 0.05) is 11.8 Å². The van der Waals surface area contributed by atoms with Crippen molar-refractivity contribution in [2.45, 2.75) is 28.8 Å². The van der Waals surface area contributed by atoms with E-state index >= 15 is 0 Å². The summed E-state index contributed by atoms with van der Waals surface area (Å²) in [6.45, 7) is -0.0309. The third-order valence-corrected chi connectivity index (χ3v) is 5.49. The number of benzene rings is 1. The van der Waals surface area contributed by atoms with Gasteiger partial charge in [-0.25, -0.2) is 8.42 Å². The lowest BCUT2D eigenvalue weighted by Gasteiger charge is -2.11. The molecule has 9 heteroatoms. The van der Waals surface area contributed by atoms with Gasteiger partial charge in [0.05, 0.1) is 23.2 Å². The normalized spacial score (nSPS) is 17.2. The van der Waals surface area contributed by atoms with Gasteiger partial charge < -0.3 is 5.11 Å². The lowest BCUT2D eigenvalue weighted by atomic mass is 10.1. The van der Waals surface area contributed by atoms with Crippen LogP contribution in [-0.2, 0) is 15.4 Å². The molecule has 1 N–H and O–H groups in total. The van der Waals surface area contributed by atoms with Crippen molar-refractivity contribution in [3.05, 3.63) is 36.7 Å². The van der Waals surface area contributed by atoms with Crippen LogP contribution in [0.4, 0.5) is 13.2 Å². The first-order chi connectivity index (χ1) is 10.7. The molecular weight excluding hydrogens is 333 g/mol. The Balaban J connectivity index is 1.89. The van der Waals surface area contributed by atoms with Crippen molar-refractivity contribution in [2.75, 3.05) is 6.61 Å². The molecule has 0 spiro atoms. The summed E-state index contributed by atoms with van der Waals surface area (Å²) in [5, 5.41) is 13.5. The van der Waals surface area contributed by atoms with Gasteiger partial charge in [-0.3, -0.25) is 4.68 Å². The summed E-state index contributed by atoms with van der Waals surface area (Å²) >= 11 is 0. The molecule has 5 nitrogen and oxygen atoms in total. The summed E-state index contributed by atoms with van der Waals surface area (Å²) in [5.74, 6) is 0. The standard InChI is InChI=1S/C14H13F3N2O3S/c15-14(16,17)23(21,22)12-3-1-10(2-4-12)11-7-18-19(8-11)13(9-20)5-6-13/h1-4,7-8,20H,5-6,9H2. The molecule has 23 heavy (non-hydrogen) atoms. The Labute approximate surface area is 130 Å². The molecule has 0 unspecified atom stereocenters. The average Bonchev–Trinajstić information content (AvgIpc) is 3.15. The van der Waals surface area contributed by atoms with Gasteiger partial charge in [-0.15, -0.1) is 0 Å². The van der Waals surface area contributed by atoms with E-state index in [2.05, 4.69) is 5.10 Å². The number of halogens is 3. The summed E-state index contributed by atoms with van der Waals surface area (Å²) in [5.41, 5.74) is -4.51. The van der Waals surface area contributed by atoms with E-state index < -0.39 is 20.2 Å². The quantitative estimate of drug-likeness (QED) is 0.922. The highest BCUT2D eigenvalue weighted by Crippen LogP contribution is 2.43. The maximum Gasteiger partial charge on any atom is 0.501 e. The number of hydrogen-bond donors (Lipinski definition) is 1. The SMILES string of the molecule is O=S(=O)(c1ccc(-c2cnn(C3(CO)CC3)c2)cc1)C(F)(F)F. The average molecular weight is 346 g/mol. The molecular formula is C14H13F3N2O3S. The van der Waals surface area contributed by atoms with Crippen molar-refractivity contribution in [3.63, 3.8) is 0 Å². The molecule has 2 aromatic rings. The molecule has 0 amide bonds. The Kier molecular flexibility index (Phi) is 3.53. The number of rotatable bonds is 4. The van der Waals surface area contributed by atoms with Crippen LogP contribution in [0.25, 0.3) is 11.1 Å². The molecule has 0 atom stereocenters. The minimum absolute atomic E-state index is 0.0309. The first-order valence-corrected chi connectivity index (χ1v) is 8.26. The van der Waals surface area contributed by atoms with Crippen LogP contribution >= 0.6 is 0 Å². The van der Waals surface area contributed by atoms with Gasteiger partial charge >= 0.3 is 5.51 Å². The number of aromatic nitrogens is 2. The zero-order chi connectivity index (χ0) is 16.9. The predicted molar refractivity (Wildman–Crippen MR) is 75.2 cm³/mol. The molecule has 124 valence electrons. The van der Waals surface area contributed by atoms with Gasteiger partial charge in [-0.2, -0.15) is 18.3 Å². The van der Waals surface area contributed by atoms with Crippen LogP contribution < -0.4 is 0 Å². The molecule has 1 aliphatic carbocycles. The Morgan fingerprint density at radius 1 is 1.17 bits per heavy atom. The topological polar surface area (TPSA) is 72.2 Å².